The molecule has 2 N–H and O–H groups in total. The Bertz CT molecular complexity index is 1450. The molecule has 0 saturated carbocycles. The number of ether oxygens (including phenoxy) is 2. The maximum atomic E-state index is 12.7. The SMILES string of the molecule is CC/C=C\C/C=C\C/C=C\C/C=C\C/C=C\CCCCCC(=O)OC[C@H](COP(=O)([O-])OCC[N+](C)(C)C)OC(=O)CCC[C@@H](O)\C=C/C=C/C=C/[C@@H](O)C/C=C\CCCCC. The zero-order valence-corrected chi connectivity index (χ0v) is 39.6. The van der Waals surface area contributed by atoms with Gasteiger partial charge in [0, 0.05) is 12.8 Å². The number of carbonyl (C=O) groups excluding carboxylic acids is 2. The van der Waals surface area contributed by atoms with Crippen molar-refractivity contribution in [1.29, 1.82) is 0 Å². The summed E-state index contributed by atoms with van der Waals surface area (Å²) in [6.07, 6.45) is 47.5. The van der Waals surface area contributed by atoms with E-state index < -0.39 is 44.7 Å². The Kier molecular flexibility index (Phi) is 38.1. The van der Waals surface area contributed by atoms with E-state index in [-0.39, 0.29) is 32.5 Å². The third-order valence-corrected chi connectivity index (χ3v) is 9.93. The molecule has 352 valence electrons. The number of unbranched alkanes of at least 4 members (excludes halogenated alkanes) is 6. The molecule has 0 saturated heterocycles. The summed E-state index contributed by atoms with van der Waals surface area (Å²) in [6.45, 7) is 3.69. The highest BCUT2D eigenvalue weighted by molar-refractivity contribution is 7.45. The van der Waals surface area contributed by atoms with E-state index in [0.717, 1.165) is 64.2 Å². The van der Waals surface area contributed by atoms with E-state index in [9.17, 15) is 29.3 Å². The monoisotopic (exact) mass is 888 g/mol. The van der Waals surface area contributed by atoms with Crippen LogP contribution in [0.1, 0.15) is 129 Å². The van der Waals surface area contributed by atoms with Crippen LogP contribution in [0.5, 0.6) is 0 Å². The number of phosphoric ester groups is 1. The number of nitrogens with zero attached hydrogens (tertiary/aromatic N) is 1. The number of phosphoric acid groups is 1. The van der Waals surface area contributed by atoms with Crippen molar-refractivity contribution in [3.63, 3.8) is 0 Å². The minimum atomic E-state index is -4.71. The highest BCUT2D eigenvalue weighted by atomic mass is 31.2. The van der Waals surface area contributed by atoms with Crippen LogP contribution in [0.4, 0.5) is 0 Å². The fraction of sp³-hybridized carbons (Fsp3) is 0.600. The van der Waals surface area contributed by atoms with Crippen molar-refractivity contribution in [3.05, 3.63) is 109 Å². The van der Waals surface area contributed by atoms with Crippen LogP contribution in [-0.4, -0.2) is 92.5 Å². The highest BCUT2D eigenvalue weighted by Gasteiger charge is 2.22. The van der Waals surface area contributed by atoms with E-state index in [0.29, 0.717) is 30.3 Å². The Hall–Kier alpha value is -3.41. The van der Waals surface area contributed by atoms with Gasteiger partial charge in [-0.3, -0.25) is 14.2 Å². The molecule has 0 radical (unpaired) electrons. The largest absolute Gasteiger partial charge is 0.756 e. The molecule has 0 heterocycles. The van der Waals surface area contributed by atoms with Gasteiger partial charge in [0.25, 0.3) is 7.82 Å². The number of carbonyl (C=O) groups is 2. The average Bonchev–Trinajstić information content (AvgIpc) is 3.21. The predicted octanol–water partition coefficient (Wildman–Crippen LogP) is 10.4. The van der Waals surface area contributed by atoms with E-state index in [1.54, 1.807) is 36.5 Å². The average molecular weight is 888 g/mol. The van der Waals surface area contributed by atoms with Crippen molar-refractivity contribution in [2.45, 2.75) is 148 Å². The molecule has 62 heavy (non-hydrogen) atoms. The molecule has 4 atom stereocenters. The number of aliphatic hydroxyl groups excluding tert-OH is 2. The lowest BCUT2D eigenvalue weighted by molar-refractivity contribution is -0.870. The molecule has 0 aromatic carbocycles. The van der Waals surface area contributed by atoms with Gasteiger partial charge in [-0.2, -0.15) is 0 Å². The fourth-order valence-corrected chi connectivity index (χ4v) is 6.07. The van der Waals surface area contributed by atoms with Gasteiger partial charge in [0.2, 0.25) is 0 Å². The molecule has 0 aromatic heterocycles. The van der Waals surface area contributed by atoms with Gasteiger partial charge in [-0.05, 0) is 83.5 Å². The standard InChI is InChI=1S/C50H82NO10P/c1-6-8-10-12-14-15-16-17-18-19-20-21-22-23-24-25-26-28-34-40-49(54)58-44-48(45-60-62(56,57)59-43-42-51(3,4)5)61-50(55)41-35-39-47(53)38-33-30-29-32-37-46(52)36-31-27-13-11-9-7-2/h8,10,14-15,17-18,20-21,23-24,27,29-33,37-38,46-48,52-53H,6-7,9,11-13,16,19,22,25-26,28,34-36,39-45H2,1-5H3/b10-8-,15-14-,18-17-,21-20-,24-23-,30-29+,31-27-,37-32+,38-33-/t46-,47-,48+/m0/s1. The Morgan fingerprint density at radius 1 is 0.629 bits per heavy atom. The molecule has 0 bridgehead atoms. The summed E-state index contributed by atoms with van der Waals surface area (Å²) in [4.78, 5) is 37.6. The van der Waals surface area contributed by atoms with E-state index >= 15 is 0 Å². The summed E-state index contributed by atoms with van der Waals surface area (Å²) in [5, 5.41) is 20.4. The Labute approximate surface area is 375 Å². The van der Waals surface area contributed by atoms with Gasteiger partial charge in [0.05, 0.1) is 40.0 Å². The van der Waals surface area contributed by atoms with Crippen LogP contribution in [0.3, 0.4) is 0 Å². The van der Waals surface area contributed by atoms with Crippen molar-refractivity contribution in [2.75, 3.05) is 47.5 Å². The van der Waals surface area contributed by atoms with Crippen LogP contribution in [0, 0.1) is 0 Å². The van der Waals surface area contributed by atoms with Gasteiger partial charge in [0.1, 0.15) is 19.8 Å². The Morgan fingerprint density at radius 2 is 1.18 bits per heavy atom. The smallest absolute Gasteiger partial charge is 0.306 e. The maximum Gasteiger partial charge on any atom is 0.306 e. The number of rotatable bonds is 39. The Balaban J connectivity index is 4.68. The molecule has 12 heteroatoms. The summed E-state index contributed by atoms with van der Waals surface area (Å²) >= 11 is 0. The number of allylic oxidation sites excluding steroid dienone is 15. The van der Waals surface area contributed by atoms with Gasteiger partial charge >= 0.3 is 11.9 Å². The minimum Gasteiger partial charge on any atom is -0.756 e. The molecular formula is C50H82NO10P. The third-order valence-electron chi connectivity index (χ3n) is 8.97. The molecule has 0 spiro atoms. The summed E-state index contributed by atoms with van der Waals surface area (Å²) < 4.78 is 33.7. The molecule has 0 fully saturated rings. The third kappa shape index (κ3) is 43.2. The molecule has 0 amide bonds. The summed E-state index contributed by atoms with van der Waals surface area (Å²) in [7, 11) is 0.969. The van der Waals surface area contributed by atoms with E-state index in [1.165, 1.54) is 12.8 Å². The second-order valence-corrected chi connectivity index (χ2v) is 17.5. The van der Waals surface area contributed by atoms with Crippen molar-refractivity contribution in [1.82, 2.24) is 0 Å². The van der Waals surface area contributed by atoms with Gasteiger partial charge in [-0.15, -0.1) is 0 Å². The number of aliphatic hydroxyl groups is 2. The number of hydrogen-bond acceptors (Lipinski definition) is 10. The van der Waals surface area contributed by atoms with E-state index in [2.05, 4.69) is 80.7 Å². The lowest BCUT2D eigenvalue weighted by atomic mass is 10.1. The maximum absolute atomic E-state index is 12.7. The van der Waals surface area contributed by atoms with Gasteiger partial charge in [0.15, 0.2) is 6.10 Å². The fourth-order valence-electron chi connectivity index (χ4n) is 5.34. The molecule has 0 aliphatic heterocycles. The van der Waals surface area contributed by atoms with Crippen LogP contribution >= 0.6 is 7.82 Å². The molecular weight excluding hydrogens is 806 g/mol. The Morgan fingerprint density at radius 3 is 1.77 bits per heavy atom. The normalized spacial score (nSPS) is 15.5. The number of likely N-dealkylation sites (N-methyl/N-ethyl adjacent to an activating group) is 1. The second-order valence-electron chi connectivity index (χ2n) is 16.1. The summed E-state index contributed by atoms with van der Waals surface area (Å²) in [5.74, 6) is -1.13. The zero-order valence-electron chi connectivity index (χ0n) is 38.7. The highest BCUT2D eigenvalue weighted by Crippen LogP contribution is 2.38. The first-order chi connectivity index (χ1) is 29.8. The summed E-state index contributed by atoms with van der Waals surface area (Å²) in [5.41, 5.74) is 0. The molecule has 11 nitrogen and oxygen atoms in total. The van der Waals surface area contributed by atoms with Crippen molar-refractivity contribution in [3.8, 4) is 0 Å². The van der Waals surface area contributed by atoms with Crippen LogP contribution < -0.4 is 4.89 Å². The van der Waals surface area contributed by atoms with Crippen LogP contribution in [0.15, 0.2) is 109 Å². The lowest BCUT2D eigenvalue weighted by Crippen LogP contribution is -2.37. The lowest BCUT2D eigenvalue weighted by Gasteiger charge is -2.28. The van der Waals surface area contributed by atoms with Crippen LogP contribution in [-0.2, 0) is 32.7 Å². The zero-order chi connectivity index (χ0) is 46.0. The minimum absolute atomic E-state index is 0.0498. The van der Waals surface area contributed by atoms with Gasteiger partial charge in [-0.1, -0.05) is 142 Å². The molecule has 0 aromatic rings. The first-order valence-electron chi connectivity index (χ1n) is 22.8. The van der Waals surface area contributed by atoms with E-state index in [1.807, 2.05) is 27.2 Å². The molecule has 0 aliphatic carbocycles. The van der Waals surface area contributed by atoms with E-state index in [4.69, 9.17) is 18.5 Å². The first kappa shape index (κ1) is 58.6. The molecule has 0 rings (SSSR count). The summed E-state index contributed by atoms with van der Waals surface area (Å²) in [6, 6.07) is 0. The van der Waals surface area contributed by atoms with Gasteiger partial charge < -0.3 is 38.1 Å². The quantitative estimate of drug-likeness (QED) is 0.0152. The van der Waals surface area contributed by atoms with Gasteiger partial charge in [-0.25, -0.2) is 0 Å². The van der Waals surface area contributed by atoms with Crippen molar-refractivity contribution in [2.24, 2.45) is 0 Å². The predicted molar refractivity (Wildman–Crippen MR) is 252 cm³/mol. The molecule has 0 aliphatic rings. The molecule has 1 unspecified atom stereocenters. The number of esters is 2. The van der Waals surface area contributed by atoms with Crippen LogP contribution in [0.25, 0.3) is 0 Å². The first-order valence-corrected chi connectivity index (χ1v) is 24.3. The number of hydrogen-bond donors (Lipinski definition) is 2. The second kappa shape index (κ2) is 40.4. The topological polar surface area (TPSA) is 152 Å². The van der Waals surface area contributed by atoms with Crippen molar-refractivity contribution < 1.29 is 52.3 Å². The van der Waals surface area contributed by atoms with Crippen molar-refractivity contribution >= 4 is 19.8 Å². The number of quaternary nitrogens is 1. The van der Waals surface area contributed by atoms with Crippen LogP contribution in [0.2, 0.25) is 0 Å².